The second kappa shape index (κ2) is 6.94. The lowest BCUT2D eigenvalue weighted by Gasteiger charge is -2.43. The van der Waals surface area contributed by atoms with Crippen LogP contribution >= 0.6 is 0 Å². The Hall–Kier alpha value is -0.870. The lowest BCUT2D eigenvalue weighted by atomic mass is 9.67. The van der Waals surface area contributed by atoms with Crippen molar-refractivity contribution in [1.82, 2.24) is 20.8 Å². The fraction of sp³-hybridized carbons (Fsp3) is 0.842. The SMILES string of the molecule is C1CCc2c(CCNC3CCC4(CCNCC4)CC3)n[nH]c2C1. The molecule has 23 heavy (non-hydrogen) atoms. The molecule has 2 heterocycles. The van der Waals surface area contributed by atoms with E-state index in [9.17, 15) is 0 Å². The lowest BCUT2D eigenvalue weighted by molar-refractivity contribution is 0.116. The van der Waals surface area contributed by atoms with Crippen molar-refractivity contribution in [2.45, 2.75) is 76.7 Å². The van der Waals surface area contributed by atoms with Crippen LogP contribution in [0.25, 0.3) is 0 Å². The molecule has 4 rings (SSSR count). The van der Waals surface area contributed by atoms with Crippen molar-refractivity contribution in [3.63, 3.8) is 0 Å². The van der Waals surface area contributed by atoms with Gasteiger partial charge in [0.1, 0.15) is 0 Å². The van der Waals surface area contributed by atoms with E-state index in [0.717, 1.165) is 19.0 Å². The molecule has 0 amide bonds. The van der Waals surface area contributed by atoms with Gasteiger partial charge in [-0.15, -0.1) is 0 Å². The molecule has 0 atom stereocenters. The van der Waals surface area contributed by atoms with Crippen molar-refractivity contribution >= 4 is 0 Å². The van der Waals surface area contributed by atoms with Crippen molar-refractivity contribution < 1.29 is 0 Å². The van der Waals surface area contributed by atoms with Crippen molar-refractivity contribution in [3.05, 3.63) is 17.0 Å². The number of H-pyrrole nitrogens is 1. The third-order valence-electron chi connectivity index (χ3n) is 6.65. The molecule has 0 bridgehead atoms. The zero-order chi connectivity index (χ0) is 15.5. The van der Waals surface area contributed by atoms with E-state index >= 15 is 0 Å². The summed E-state index contributed by atoms with van der Waals surface area (Å²) in [4.78, 5) is 0. The fourth-order valence-electron chi connectivity index (χ4n) is 5.04. The van der Waals surface area contributed by atoms with E-state index in [1.54, 1.807) is 0 Å². The molecular formula is C19H32N4. The number of aromatic amines is 1. The summed E-state index contributed by atoms with van der Waals surface area (Å²) in [5.41, 5.74) is 4.97. The first-order valence-electron chi connectivity index (χ1n) is 9.84. The summed E-state index contributed by atoms with van der Waals surface area (Å²) in [7, 11) is 0. The smallest absolute Gasteiger partial charge is 0.0669 e. The molecule has 3 N–H and O–H groups in total. The highest BCUT2D eigenvalue weighted by atomic mass is 15.1. The lowest BCUT2D eigenvalue weighted by Crippen LogP contribution is -2.43. The van der Waals surface area contributed by atoms with Crippen LogP contribution in [0, 0.1) is 5.41 Å². The number of rotatable bonds is 4. The standard InChI is InChI=1S/C19H32N4/c1-2-4-17-16(3-1)18(23-22-17)7-12-21-15-5-8-19(9-6-15)10-13-20-14-11-19/h15,20-21H,1-14H2,(H,22,23). The van der Waals surface area contributed by atoms with Crippen LogP contribution < -0.4 is 10.6 Å². The first kappa shape index (κ1) is 15.6. The Kier molecular flexibility index (Phi) is 4.72. The number of nitrogens with zero attached hydrogens (tertiary/aromatic N) is 1. The van der Waals surface area contributed by atoms with Crippen molar-refractivity contribution in [2.75, 3.05) is 19.6 Å². The van der Waals surface area contributed by atoms with Crippen LogP contribution in [0.5, 0.6) is 0 Å². The van der Waals surface area contributed by atoms with E-state index in [2.05, 4.69) is 20.8 Å². The van der Waals surface area contributed by atoms with Gasteiger partial charge in [-0.05, 0) is 88.3 Å². The van der Waals surface area contributed by atoms with Gasteiger partial charge < -0.3 is 10.6 Å². The van der Waals surface area contributed by atoms with Crippen molar-refractivity contribution in [1.29, 1.82) is 0 Å². The van der Waals surface area contributed by atoms with Gasteiger partial charge in [-0.1, -0.05) is 0 Å². The molecule has 3 aliphatic rings. The minimum absolute atomic E-state index is 0.685. The molecule has 1 spiro atoms. The minimum Gasteiger partial charge on any atom is -0.317 e. The van der Waals surface area contributed by atoms with Gasteiger partial charge in [0.05, 0.1) is 5.69 Å². The van der Waals surface area contributed by atoms with Crippen molar-refractivity contribution in [2.24, 2.45) is 5.41 Å². The number of nitrogens with one attached hydrogen (secondary N) is 3. The van der Waals surface area contributed by atoms with Crippen LogP contribution in [-0.2, 0) is 19.3 Å². The van der Waals surface area contributed by atoms with Gasteiger partial charge in [0.2, 0.25) is 0 Å². The van der Waals surface area contributed by atoms with Gasteiger partial charge in [-0.2, -0.15) is 5.10 Å². The molecule has 0 aromatic carbocycles. The van der Waals surface area contributed by atoms with E-state index in [4.69, 9.17) is 0 Å². The third-order valence-corrected chi connectivity index (χ3v) is 6.65. The van der Waals surface area contributed by atoms with Gasteiger partial charge in [-0.25, -0.2) is 0 Å². The fourth-order valence-corrected chi connectivity index (χ4v) is 5.04. The molecule has 1 saturated heterocycles. The van der Waals surface area contributed by atoms with Gasteiger partial charge in [0, 0.05) is 24.7 Å². The minimum atomic E-state index is 0.685. The number of piperidine rings is 1. The number of hydrogen-bond donors (Lipinski definition) is 3. The summed E-state index contributed by atoms with van der Waals surface area (Å²) in [6.45, 7) is 3.57. The third kappa shape index (κ3) is 3.48. The van der Waals surface area contributed by atoms with Crippen LogP contribution in [-0.4, -0.2) is 35.9 Å². The molecule has 2 fully saturated rings. The Labute approximate surface area is 140 Å². The maximum atomic E-state index is 4.58. The second-order valence-electron chi connectivity index (χ2n) is 8.06. The summed E-state index contributed by atoms with van der Waals surface area (Å²) < 4.78 is 0. The zero-order valence-electron chi connectivity index (χ0n) is 14.4. The van der Waals surface area contributed by atoms with E-state index < -0.39 is 0 Å². The highest BCUT2D eigenvalue weighted by Gasteiger charge is 2.35. The van der Waals surface area contributed by atoms with Crippen molar-refractivity contribution in [3.8, 4) is 0 Å². The highest BCUT2D eigenvalue weighted by Crippen LogP contribution is 2.43. The Balaban J connectivity index is 1.22. The number of fused-ring (bicyclic) bond motifs is 1. The number of hydrogen-bond acceptors (Lipinski definition) is 3. The van der Waals surface area contributed by atoms with E-state index in [1.165, 1.54) is 94.2 Å². The molecule has 1 aromatic heterocycles. The molecule has 2 aliphatic carbocycles. The predicted octanol–water partition coefficient (Wildman–Crippen LogP) is 2.73. The predicted molar refractivity (Wildman–Crippen MR) is 93.7 cm³/mol. The van der Waals surface area contributed by atoms with Crippen LogP contribution in [0.4, 0.5) is 0 Å². The average molecular weight is 316 g/mol. The maximum Gasteiger partial charge on any atom is 0.0669 e. The van der Waals surface area contributed by atoms with Crippen LogP contribution in [0.3, 0.4) is 0 Å². The summed E-state index contributed by atoms with van der Waals surface area (Å²) in [6.07, 6.45) is 14.6. The van der Waals surface area contributed by atoms with Crippen LogP contribution in [0.2, 0.25) is 0 Å². The topological polar surface area (TPSA) is 52.7 Å². The largest absolute Gasteiger partial charge is 0.317 e. The molecule has 1 aromatic rings. The molecule has 0 radical (unpaired) electrons. The van der Waals surface area contributed by atoms with E-state index in [0.29, 0.717) is 5.41 Å². The normalized spacial score (nSPS) is 24.7. The molecule has 1 saturated carbocycles. The Morgan fingerprint density at radius 1 is 1.04 bits per heavy atom. The highest BCUT2D eigenvalue weighted by molar-refractivity contribution is 5.27. The van der Waals surface area contributed by atoms with E-state index in [-0.39, 0.29) is 0 Å². The first-order chi connectivity index (χ1) is 11.3. The summed E-state index contributed by atoms with van der Waals surface area (Å²) in [6, 6.07) is 0.741. The Morgan fingerprint density at radius 3 is 2.65 bits per heavy atom. The zero-order valence-corrected chi connectivity index (χ0v) is 14.4. The molecule has 1 aliphatic heterocycles. The Bertz CT molecular complexity index is 505. The average Bonchev–Trinajstić information content (AvgIpc) is 3.01. The van der Waals surface area contributed by atoms with E-state index in [1.807, 2.05) is 0 Å². The molecule has 0 unspecified atom stereocenters. The maximum absolute atomic E-state index is 4.58. The summed E-state index contributed by atoms with van der Waals surface area (Å²) in [5, 5.41) is 15.2. The monoisotopic (exact) mass is 316 g/mol. The molecule has 4 nitrogen and oxygen atoms in total. The van der Waals surface area contributed by atoms with Crippen LogP contribution in [0.1, 0.15) is 68.3 Å². The summed E-state index contributed by atoms with van der Waals surface area (Å²) >= 11 is 0. The molecular weight excluding hydrogens is 284 g/mol. The summed E-state index contributed by atoms with van der Waals surface area (Å²) in [5.74, 6) is 0. The molecule has 128 valence electrons. The van der Waals surface area contributed by atoms with Gasteiger partial charge in [0.25, 0.3) is 0 Å². The quantitative estimate of drug-likeness (QED) is 0.800. The molecule has 4 heteroatoms. The Morgan fingerprint density at radius 2 is 1.83 bits per heavy atom. The van der Waals surface area contributed by atoms with Gasteiger partial charge >= 0.3 is 0 Å². The number of aryl methyl sites for hydroxylation is 1. The van der Waals surface area contributed by atoms with Crippen LogP contribution in [0.15, 0.2) is 0 Å². The van der Waals surface area contributed by atoms with Gasteiger partial charge in [0.15, 0.2) is 0 Å². The first-order valence-corrected chi connectivity index (χ1v) is 9.84. The number of aromatic nitrogens is 2. The van der Waals surface area contributed by atoms with Gasteiger partial charge in [-0.3, -0.25) is 5.10 Å². The second-order valence-corrected chi connectivity index (χ2v) is 8.06.